The van der Waals surface area contributed by atoms with E-state index in [4.69, 9.17) is 5.73 Å². The fourth-order valence-corrected chi connectivity index (χ4v) is 1.26. The zero-order chi connectivity index (χ0) is 8.55. The van der Waals surface area contributed by atoms with Gasteiger partial charge < -0.3 is 11.1 Å². The van der Waals surface area contributed by atoms with E-state index in [1.54, 1.807) is 12.4 Å². The molecular weight excluding hydrogens is 154 g/mol. The summed E-state index contributed by atoms with van der Waals surface area (Å²) in [6, 6.07) is 3.28. The Kier molecular flexibility index (Phi) is 1.55. The maximum Gasteiger partial charge on any atom is 0.239 e. The standard InChI is InChI=1S/C8H9N3O/c9-6-7(11-8(6)12)5-1-3-10-4-2-5/h1-4,6-7H,9H2,(H,11,12). The molecule has 1 amide bonds. The Labute approximate surface area is 69.8 Å². The monoisotopic (exact) mass is 163 g/mol. The molecule has 1 aliphatic heterocycles. The molecule has 2 heterocycles. The van der Waals surface area contributed by atoms with Gasteiger partial charge >= 0.3 is 0 Å². The van der Waals surface area contributed by atoms with Gasteiger partial charge in [0.05, 0.1) is 6.04 Å². The predicted molar refractivity (Wildman–Crippen MR) is 43.1 cm³/mol. The van der Waals surface area contributed by atoms with Crippen LogP contribution >= 0.6 is 0 Å². The van der Waals surface area contributed by atoms with Gasteiger partial charge in [-0.05, 0) is 17.7 Å². The number of hydrogen-bond acceptors (Lipinski definition) is 3. The molecule has 0 radical (unpaired) electrons. The minimum atomic E-state index is -0.396. The maximum absolute atomic E-state index is 10.8. The van der Waals surface area contributed by atoms with Gasteiger partial charge in [0, 0.05) is 12.4 Å². The van der Waals surface area contributed by atoms with Gasteiger partial charge in [0.2, 0.25) is 5.91 Å². The highest BCUT2D eigenvalue weighted by Gasteiger charge is 2.36. The van der Waals surface area contributed by atoms with Crippen LogP contribution in [0.5, 0.6) is 0 Å². The number of hydrogen-bond donors (Lipinski definition) is 2. The normalized spacial score (nSPS) is 27.6. The second-order valence-electron chi connectivity index (χ2n) is 2.79. The summed E-state index contributed by atoms with van der Waals surface area (Å²) < 4.78 is 0. The minimum Gasteiger partial charge on any atom is -0.346 e. The fraction of sp³-hybridized carbons (Fsp3) is 0.250. The second-order valence-corrected chi connectivity index (χ2v) is 2.79. The van der Waals surface area contributed by atoms with Crippen molar-refractivity contribution >= 4 is 5.91 Å². The first-order valence-electron chi connectivity index (χ1n) is 3.75. The molecule has 0 aromatic carbocycles. The summed E-state index contributed by atoms with van der Waals surface area (Å²) in [7, 11) is 0. The van der Waals surface area contributed by atoms with Crippen molar-refractivity contribution in [3.05, 3.63) is 30.1 Å². The molecule has 4 nitrogen and oxygen atoms in total. The number of nitrogens with one attached hydrogen (secondary N) is 1. The van der Waals surface area contributed by atoms with Crippen LogP contribution in [0.25, 0.3) is 0 Å². The summed E-state index contributed by atoms with van der Waals surface area (Å²) >= 11 is 0. The number of aromatic nitrogens is 1. The summed E-state index contributed by atoms with van der Waals surface area (Å²) in [6.07, 6.45) is 3.37. The molecule has 4 heteroatoms. The van der Waals surface area contributed by atoms with Gasteiger partial charge in [-0.1, -0.05) is 0 Å². The highest BCUT2D eigenvalue weighted by molar-refractivity contribution is 5.89. The third kappa shape index (κ3) is 0.967. The molecule has 2 atom stereocenters. The van der Waals surface area contributed by atoms with Crippen LogP contribution in [0.1, 0.15) is 11.6 Å². The molecule has 62 valence electrons. The van der Waals surface area contributed by atoms with Crippen molar-refractivity contribution in [1.29, 1.82) is 0 Å². The first-order valence-corrected chi connectivity index (χ1v) is 3.75. The Morgan fingerprint density at radius 1 is 1.42 bits per heavy atom. The Hall–Kier alpha value is -1.42. The number of nitrogens with two attached hydrogens (primary N) is 1. The Balaban J connectivity index is 2.18. The lowest BCUT2D eigenvalue weighted by Crippen LogP contribution is -2.60. The molecular formula is C8H9N3O. The number of carbonyl (C=O) groups is 1. The van der Waals surface area contributed by atoms with Crippen molar-refractivity contribution in [3.63, 3.8) is 0 Å². The third-order valence-electron chi connectivity index (χ3n) is 2.02. The van der Waals surface area contributed by atoms with E-state index < -0.39 is 6.04 Å². The zero-order valence-corrected chi connectivity index (χ0v) is 6.40. The van der Waals surface area contributed by atoms with Crippen molar-refractivity contribution in [2.24, 2.45) is 5.73 Å². The van der Waals surface area contributed by atoms with Crippen LogP contribution in [0, 0.1) is 0 Å². The molecule has 0 bridgehead atoms. The first-order chi connectivity index (χ1) is 5.79. The van der Waals surface area contributed by atoms with Gasteiger partial charge in [-0.25, -0.2) is 0 Å². The summed E-state index contributed by atoms with van der Waals surface area (Å²) in [5.74, 6) is -0.0863. The van der Waals surface area contributed by atoms with E-state index in [0.29, 0.717) is 0 Å². The van der Waals surface area contributed by atoms with E-state index in [1.165, 1.54) is 0 Å². The van der Waals surface area contributed by atoms with Gasteiger partial charge in [0.25, 0.3) is 0 Å². The highest BCUT2D eigenvalue weighted by Crippen LogP contribution is 2.21. The maximum atomic E-state index is 10.8. The van der Waals surface area contributed by atoms with Gasteiger partial charge in [0.1, 0.15) is 6.04 Å². The first kappa shape index (κ1) is 7.24. The van der Waals surface area contributed by atoms with E-state index in [-0.39, 0.29) is 11.9 Å². The molecule has 1 aromatic rings. The molecule has 2 rings (SSSR count). The number of pyridine rings is 1. The SMILES string of the molecule is NC1C(=O)NC1c1ccncc1. The van der Waals surface area contributed by atoms with Gasteiger partial charge in [-0.3, -0.25) is 9.78 Å². The van der Waals surface area contributed by atoms with Crippen molar-refractivity contribution in [3.8, 4) is 0 Å². The fourth-order valence-electron chi connectivity index (χ4n) is 1.26. The van der Waals surface area contributed by atoms with E-state index in [1.807, 2.05) is 12.1 Å². The van der Waals surface area contributed by atoms with Gasteiger partial charge in [0.15, 0.2) is 0 Å². The molecule has 1 fully saturated rings. The summed E-state index contributed by atoms with van der Waals surface area (Å²) in [5.41, 5.74) is 6.58. The number of nitrogens with zero attached hydrogens (tertiary/aromatic N) is 1. The minimum absolute atomic E-state index is 0.0273. The largest absolute Gasteiger partial charge is 0.346 e. The van der Waals surface area contributed by atoms with Crippen LogP contribution in [0.4, 0.5) is 0 Å². The summed E-state index contributed by atoms with van der Waals surface area (Å²) in [5, 5.41) is 2.72. The van der Waals surface area contributed by atoms with E-state index in [2.05, 4.69) is 10.3 Å². The molecule has 0 spiro atoms. The summed E-state index contributed by atoms with van der Waals surface area (Å²) in [6.45, 7) is 0. The average Bonchev–Trinajstić information content (AvgIpc) is 2.15. The lowest BCUT2D eigenvalue weighted by Gasteiger charge is -2.34. The summed E-state index contributed by atoms with van der Waals surface area (Å²) in [4.78, 5) is 14.6. The molecule has 0 saturated carbocycles. The quantitative estimate of drug-likeness (QED) is 0.552. The lowest BCUT2D eigenvalue weighted by atomic mass is 9.93. The van der Waals surface area contributed by atoms with Crippen LogP contribution in [-0.4, -0.2) is 16.9 Å². The molecule has 1 aliphatic rings. The highest BCUT2D eigenvalue weighted by atomic mass is 16.2. The molecule has 1 aromatic heterocycles. The second kappa shape index (κ2) is 2.57. The Bertz CT molecular complexity index is 298. The predicted octanol–water partition coefficient (Wildman–Crippen LogP) is -0.420. The van der Waals surface area contributed by atoms with Crippen molar-refractivity contribution < 1.29 is 4.79 Å². The van der Waals surface area contributed by atoms with E-state index in [0.717, 1.165) is 5.56 Å². The lowest BCUT2D eigenvalue weighted by molar-refractivity contribution is -0.130. The van der Waals surface area contributed by atoms with Crippen LogP contribution in [0.15, 0.2) is 24.5 Å². The number of carbonyl (C=O) groups excluding carboxylic acids is 1. The van der Waals surface area contributed by atoms with Crippen molar-refractivity contribution in [2.45, 2.75) is 12.1 Å². The number of β-lactam (4-membered cyclic amide) rings is 1. The van der Waals surface area contributed by atoms with Gasteiger partial charge in [-0.15, -0.1) is 0 Å². The van der Waals surface area contributed by atoms with Crippen LogP contribution in [0.3, 0.4) is 0 Å². The molecule has 1 saturated heterocycles. The van der Waals surface area contributed by atoms with E-state index in [9.17, 15) is 4.79 Å². The van der Waals surface area contributed by atoms with Gasteiger partial charge in [-0.2, -0.15) is 0 Å². The van der Waals surface area contributed by atoms with Crippen LogP contribution in [-0.2, 0) is 4.79 Å². The van der Waals surface area contributed by atoms with Crippen molar-refractivity contribution in [1.82, 2.24) is 10.3 Å². The van der Waals surface area contributed by atoms with Crippen molar-refractivity contribution in [2.75, 3.05) is 0 Å². The number of amides is 1. The van der Waals surface area contributed by atoms with Crippen LogP contribution < -0.4 is 11.1 Å². The molecule has 2 unspecified atom stereocenters. The Morgan fingerprint density at radius 3 is 2.58 bits per heavy atom. The topological polar surface area (TPSA) is 68.0 Å². The third-order valence-corrected chi connectivity index (χ3v) is 2.02. The average molecular weight is 163 g/mol. The molecule has 12 heavy (non-hydrogen) atoms. The zero-order valence-electron chi connectivity index (χ0n) is 6.40. The number of rotatable bonds is 1. The molecule has 3 N–H and O–H groups in total. The van der Waals surface area contributed by atoms with Crippen LogP contribution in [0.2, 0.25) is 0 Å². The Morgan fingerprint density at radius 2 is 2.08 bits per heavy atom. The smallest absolute Gasteiger partial charge is 0.239 e. The van der Waals surface area contributed by atoms with E-state index >= 15 is 0 Å². The molecule has 0 aliphatic carbocycles.